The summed E-state index contributed by atoms with van der Waals surface area (Å²) in [4.78, 5) is 21.2. The molecule has 0 radical (unpaired) electrons. The quantitative estimate of drug-likeness (QED) is 0.617. The highest BCUT2D eigenvalue weighted by Crippen LogP contribution is 2.24. The largest absolute Gasteiger partial charge is 0.357 e. The van der Waals surface area contributed by atoms with Crippen LogP contribution >= 0.6 is 0 Å². The summed E-state index contributed by atoms with van der Waals surface area (Å²) >= 11 is 0. The van der Waals surface area contributed by atoms with Gasteiger partial charge in [-0.2, -0.15) is 5.10 Å². The van der Waals surface area contributed by atoms with Crippen LogP contribution in [0.4, 0.5) is 10.1 Å². The zero-order valence-electron chi connectivity index (χ0n) is 17.5. The molecule has 1 aromatic carbocycles. The number of piperazine rings is 1. The molecule has 3 rings (SSSR count). The molecule has 0 unspecified atom stereocenters. The van der Waals surface area contributed by atoms with Gasteiger partial charge in [0, 0.05) is 38.3 Å². The molecule has 0 atom stereocenters. The van der Waals surface area contributed by atoms with Gasteiger partial charge in [0.2, 0.25) is 5.91 Å². The first-order valence-electron chi connectivity index (χ1n) is 9.88. The molecule has 0 saturated carbocycles. The van der Waals surface area contributed by atoms with Crippen molar-refractivity contribution in [3.8, 4) is 0 Å². The van der Waals surface area contributed by atoms with Crippen LogP contribution in [0.25, 0.3) is 0 Å². The van der Waals surface area contributed by atoms with E-state index in [4.69, 9.17) is 4.99 Å². The molecule has 0 aliphatic carbocycles. The molecule has 0 spiro atoms. The van der Waals surface area contributed by atoms with Gasteiger partial charge in [-0.3, -0.25) is 14.5 Å². The summed E-state index contributed by atoms with van der Waals surface area (Å²) in [7, 11) is 1.83. The molecule has 29 heavy (non-hydrogen) atoms. The molecular formula is C21H29FN6O. The van der Waals surface area contributed by atoms with Crippen molar-refractivity contribution in [3.05, 3.63) is 48.0 Å². The van der Waals surface area contributed by atoms with E-state index in [-0.39, 0.29) is 23.7 Å². The van der Waals surface area contributed by atoms with Gasteiger partial charge in [0.1, 0.15) is 12.4 Å². The van der Waals surface area contributed by atoms with E-state index in [0.717, 1.165) is 11.3 Å². The summed E-state index contributed by atoms with van der Waals surface area (Å²) < 4.78 is 15.3. The minimum atomic E-state index is -0.329. The van der Waals surface area contributed by atoms with Crippen molar-refractivity contribution in [2.45, 2.75) is 26.2 Å². The number of guanidine groups is 1. The number of amides is 1. The molecule has 1 aliphatic rings. The van der Waals surface area contributed by atoms with Crippen molar-refractivity contribution in [1.29, 1.82) is 0 Å². The zero-order chi connectivity index (χ0) is 21.0. The highest BCUT2D eigenvalue weighted by Gasteiger charge is 2.28. The van der Waals surface area contributed by atoms with Gasteiger partial charge in [-0.15, -0.1) is 0 Å². The molecule has 0 bridgehead atoms. The van der Waals surface area contributed by atoms with E-state index >= 15 is 0 Å². The second-order valence-electron chi connectivity index (χ2n) is 7.90. The number of hydrogen-bond donors (Lipinski definition) is 1. The summed E-state index contributed by atoms with van der Waals surface area (Å²) in [5, 5.41) is 7.43. The lowest BCUT2D eigenvalue weighted by atomic mass is 9.85. The lowest BCUT2D eigenvalue weighted by molar-refractivity contribution is -0.120. The molecule has 1 fully saturated rings. The van der Waals surface area contributed by atoms with E-state index in [9.17, 15) is 9.18 Å². The van der Waals surface area contributed by atoms with E-state index in [1.54, 1.807) is 27.9 Å². The van der Waals surface area contributed by atoms with Crippen molar-refractivity contribution in [3.63, 3.8) is 0 Å². The van der Waals surface area contributed by atoms with Gasteiger partial charge in [-0.25, -0.2) is 4.39 Å². The normalized spacial score (nSPS) is 15.8. The lowest BCUT2D eigenvalue weighted by Crippen LogP contribution is -2.55. The highest BCUT2D eigenvalue weighted by atomic mass is 19.1. The Bertz CT molecular complexity index is 891. The number of benzene rings is 1. The van der Waals surface area contributed by atoms with Crippen molar-refractivity contribution >= 4 is 17.6 Å². The number of nitrogens with one attached hydrogen (secondary N) is 1. The van der Waals surface area contributed by atoms with Crippen LogP contribution in [0.15, 0.2) is 41.7 Å². The summed E-state index contributed by atoms with van der Waals surface area (Å²) in [6, 6.07) is 6.64. The Morgan fingerprint density at radius 2 is 2.14 bits per heavy atom. The number of carbonyl (C=O) groups is 1. The van der Waals surface area contributed by atoms with Crippen molar-refractivity contribution in [1.82, 2.24) is 20.0 Å². The van der Waals surface area contributed by atoms with Crippen LogP contribution in [0.3, 0.4) is 0 Å². The maximum absolute atomic E-state index is 13.6. The number of rotatable bonds is 5. The fourth-order valence-corrected chi connectivity index (χ4v) is 3.37. The average Bonchev–Trinajstić information content (AvgIpc) is 3.11. The third-order valence-electron chi connectivity index (χ3n) is 5.09. The monoisotopic (exact) mass is 400 g/mol. The van der Waals surface area contributed by atoms with Crippen LogP contribution in [0.5, 0.6) is 0 Å². The highest BCUT2D eigenvalue weighted by molar-refractivity contribution is 5.98. The predicted octanol–water partition coefficient (Wildman–Crippen LogP) is 2.15. The number of hydrogen-bond acceptors (Lipinski definition) is 3. The fraction of sp³-hybridized carbons (Fsp3) is 0.476. The van der Waals surface area contributed by atoms with E-state index in [2.05, 4.69) is 10.4 Å². The van der Waals surface area contributed by atoms with E-state index in [1.165, 1.54) is 6.07 Å². The third-order valence-corrected chi connectivity index (χ3v) is 5.09. The van der Waals surface area contributed by atoms with Crippen LogP contribution in [0.1, 0.15) is 26.3 Å². The van der Waals surface area contributed by atoms with Gasteiger partial charge < -0.3 is 15.1 Å². The summed E-state index contributed by atoms with van der Waals surface area (Å²) in [6.07, 6.45) is 3.54. The third kappa shape index (κ3) is 4.93. The Morgan fingerprint density at radius 3 is 2.76 bits per heavy atom. The molecule has 7 nitrogen and oxygen atoms in total. The van der Waals surface area contributed by atoms with Crippen LogP contribution in [0.2, 0.25) is 0 Å². The van der Waals surface area contributed by atoms with E-state index in [1.807, 2.05) is 45.0 Å². The lowest BCUT2D eigenvalue weighted by Gasteiger charge is -2.36. The molecule has 1 aromatic heterocycles. The molecule has 1 saturated heterocycles. The number of nitrogens with zero attached hydrogens (tertiary/aromatic N) is 5. The standard InChI is InChI=1S/C21H29FN6O/c1-5-23-20(24-15-21(2,3)16-7-6-8-17(22)11-16)27-9-10-28(19(29)14-27)18-12-25-26(4)13-18/h6-8,11-13H,5,9-10,14-15H2,1-4H3,(H,23,24). The van der Waals surface area contributed by atoms with Gasteiger partial charge in [0.25, 0.3) is 0 Å². The summed E-state index contributed by atoms with van der Waals surface area (Å²) in [5.74, 6) is 0.471. The number of halogens is 1. The first-order chi connectivity index (χ1) is 13.8. The first-order valence-corrected chi connectivity index (χ1v) is 9.88. The maximum Gasteiger partial charge on any atom is 0.246 e. The van der Waals surface area contributed by atoms with E-state index < -0.39 is 0 Å². The van der Waals surface area contributed by atoms with Crippen LogP contribution in [-0.2, 0) is 17.3 Å². The molecule has 2 aromatic rings. The second-order valence-corrected chi connectivity index (χ2v) is 7.90. The van der Waals surface area contributed by atoms with Crippen molar-refractivity contribution in [2.75, 3.05) is 37.6 Å². The average molecular weight is 401 g/mol. The van der Waals surface area contributed by atoms with Crippen molar-refractivity contribution in [2.24, 2.45) is 12.0 Å². The Morgan fingerprint density at radius 1 is 1.34 bits per heavy atom. The minimum absolute atomic E-state index is 0.0132. The SMILES string of the molecule is CCNC(=NCC(C)(C)c1cccc(F)c1)N1CCN(c2cnn(C)c2)C(=O)C1. The number of carbonyl (C=O) groups excluding carboxylic acids is 1. The van der Waals surface area contributed by atoms with E-state index in [0.29, 0.717) is 32.1 Å². The number of anilines is 1. The molecule has 2 heterocycles. The summed E-state index contributed by atoms with van der Waals surface area (Å²) in [5.41, 5.74) is 1.38. The Hall–Kier alpha value is -2.90. The van der Waals surface area contributed by atoms with Gasteiger partial charge in [-0.05, 0) is 24.6 Å². The second kappa shape index (κ2) is 8.63. The van der Waals surface area contributed by atoms with Crippen molar-refractivity contribution < 1.29 is 9.18 Å². The number of aryl methyl sites for hydroxylation is 1. The molecular weight excluding hydrogens is 371 g/mol. The zero-order valence-corrected chi connectivity index (χ0v) is 17.5. The van der Waals surface area contributed by atoms with Crippen LogP contribution in [0, 0.1) is 5.82 Å². The van der Waals surface area contributed by atoms with Gasteiger partial charge >= 0.3 is 0 Å². The predicted molar refractivity (Wildman–Crippen MR) is 113 cm³/mol. The molecule has 1 amide bonds. The Kier molecular flexibility index (Phi) is 6.20. The van der Waals surface area contributed by atoms with Gasteiger partial charge in [0.05, 0.1) is 18.4 Å². The Labute approximate surface area is 171 Å². The maximum atomic E-state index is 13.6. The number of aromatic nitrogens is 2. The smallest absolute Gasteiger partial charge is 0.246 e. The number of aliphatic imine (C=N–C) groups is 1. The Balaban J connectivity index is 1.71. The molecule has 1 N–H and O–H groups in total. The van der Waals surface area contributed by atoms with Crippen LogP contribution in [-0.4, -0.2) is 59.3 Å². The topological polar surface area (TPSA) is 65.8 Å². The first kappa shape index (κ1) is 20.8. The molecule has 156 valence electrons. The van der Waals surface area contributed by atoms with Crippen LogP contribution < -0.4 is 10.2 Å². The fourth-order valence-electron chi connectivity index (χ4n) is 3.37. The minimum Gasteiger partial charge on any atom is -0.357 e. The summed E-state index contributed by atoms with van der Waals surface area (Å²) in [6.45, 7) is 8.77. The molecule has 1 aliphatic heterocycles. The molecule has 8 heteroatoms. The van der Waals surface area contributed by atoms with Gasteiger partial charge in [-0.1, -0.05) is 26.0 Å². The van der Waals surface area contributed by atoms with Gasteiger partial charge in [0.15, 0.2) is 5.96 Å².